The number of rotatable bonds is 6. The van der Waals surface area contributed by atoms with E-state index < -0.39 is 16.3 Å². The molecule has 112 valence electrons. The highest BCUT2D eigenvalue weighted by molar-refractivity contribution is 9.08. The molecule has 0 spiro atoms. The van der Waals surface area contributed by atoms with Gasteiger partial charge in [-0.2, -0.15) is 13.1 Å². The first-order valence-electron chi connectivity index (χ1n) is 5.94. The fourth-order valence-corrected chi connectivity index (χ4v) is 2.38. The first-order valence-corrected chi connectivity index (χ1v) is 8.54. The van der Waals surface area contributed by atoms with E-state index in [9.17, 15) is 13.2 Å². The van der Waals surface area contributed by atoms with E-state index in [4.69, 9.17) is 4.74 Å². The maximum absolute atomic E-state index is 11.6. The van der Waals surface area contributed by atoms with Crippen LogP contribution < -0.4 is 9.44 Å². The van der Waals surface area contributed by atoms with Gasteiger partial charge in [0.25, 0.3) is 0 Å². The number of alkyl halides is 1. The van der Waals surface area contributed by atoms with Crippen molar-refractivity contribution in [3.63, 3.8) is 0 Å². The molecular weight excluding hydrogens is 348 g/mol. The van der Waals surface area contributed by atoms with Crippen LogP contribution >= 0.6 is 15.9 Å². The molecule has 0 atom stereocenters. The first-order chi connectivity index (χ1) is 9.32. The average molecular weight is 365 g/mol. The number of halogens is 1. The highest BCUT2D eigenvalue weighted by atomic mass is 79.9. The zero-order valence-electron chi connectivity index (χ0n) is 11.2. The van der Waals surface area contributed by atoms with E-state index in [0.717, 1.165) is 16.5 Å². The molecule has 1 amide bonds. The molecule has 2 N–H and O–H groups in total. The lowest BCUT2D eigenvalue weighted by Crippen LogP contribution is -2.40. The molecule has 1 rings (SSSR count). The standard InChI is InChI=1S/C12H17BrN2O4S/c1-9(2)19-12(16)15-20(17,18)14-8-11-5-3-10(7-13)4-6-11/h3-6,9,14H,7-8H2,1-2H3,(H,15,16). The molecule has 0 fully saturated rings. The molecule has 6 nitrogen and oxygen atoms in total. The fourth-order valence-electron chi connectivity index (χ4n) is 1.31. The summed E-state index contributed by atoms with van der Waals surface area (Å²) < 4.78 is 31.9. The predicted molar refractivity (Wildman–Crippen MR) is 79.6 cm³/mol. The third-order valence-electron chi connectivity index (χ3n) is 2.20. The lowest BCUT2D eigenvalue weighted by Gasteiger charge is -2.11. The van der Waals surface area contributed by atoms with E-state index in [2.05, 4.69) is 20.7 Å². The minimum Gasteiger partial charge on any atom is -0.446 e. The second kappa shape index (κ2) is 7.61. The third kappa shape index (κ3) is 6.36. The smallest absolute Gasteiger partial charge is 0.422 e. The van der Waals surface area contributed by atoms with Gasteiger partial charge in [0.1, 0.15) is 0 Å². The van der Waals surface area contributed by atoms with Gasteiger partial charge in [-0.15, -0.1) is 0 Å². The minimum absolute atomic E-state index is 0.0901. The predicted octanol–water partition coefficient (Wildman–Crippen LogP) is 2.05. The normalized spacial score (nSPS) is 11.4. The number of carbonyl (C=O) groups is 1. The number of hydrogen-bond acceptors (Lipinski definition) is 4. The number of hydrogen-bond donors (Lipinski definition) is 2. The SMILES string of the molecule is CC(C)OC(=O)NS(=O)(=O)NCc1ccc(CBr)cc1. The molecule has 1 aromatic carbocycles. The molecule has 0 radical (unpaired) electrons. The quantitative estimate of drug-likeness (QED) is 0.756. The Bertz CT molecular complexity index is 543. The molecule has 0 saturated heterocycles. The van der Waals surface area contributed by atoms with Gasteiger partial charge in [-0.1, -0.05) is 40.2 Å². The van der Waals surface area contributed by atoms with Crippen molar-refractivity contribution in [3.8, 4) is 0 Å². The Morgan fingerprint density at radius 3 is 2.30 bits per heavy atom. The second-order valence-corrected chi connectivity index (χ2v) is 6.39. The zero-order valence-corrected chi connectivity index (χ0v) is 13.6. The summed E-state index contributed by atoms with van der Waals surface area (Å²) in [6.07, 6.45) is -1.39. The highest BCUT2D eigenvalue weighted by Gasteiger charge is 2.15. The van der Waals surface area contributed by atoms with Gasteiger partial charge in [-0.3, -0.25) is 0 Å². The summed E-state index contributed by atoms with van der Waals surface area (Å²) in [6, 6.07) is 7.40. The van der Waals surface area contributed by atoms with E-state index in [1.165, 1.54) is 0 Å². The Morgan fingerprint density at radius 1 is 1.25 bits per heavy atom. The van der Waals surface area contributed by atoms with Gasteiger partial charge in [0.05, 0.1) is 6.10 Å². The summed E-state index contributed by atoms with van der Waals surface area (Å²) >= 11 is 3.33. The number of amides is 1. The van der Waals surface area contributed by atoms with Crippen LogP contribution in [0.2, 0.25) is 0 Å². The summed E-state index contributed by atoms with van der Waals surface area (Å²) in [7, 11) is -3.92. The van der Waals surface area contributed by atoms with Gasteiger partial charge in [-0.05, 0) is 25.0 Å². The van der Waals surface area contributed by atoms with Crippen molar-refractivity contribution in [1.82, 2.24) is 9.44 Å². The topological polar surface area (TPSA) is 84.5 Å². The molecule has 1 aromatic rings. The van der Waals surface area contributed by atoms with Crippen molar-refractivity contribution in [2.75, 3.05) is 0 Å². The molecule has 0 aromatic heterocycles. The van der Waals surface area contributed by atoms with Gasteiger partial charge < -0.3 is 4.74 Å². The summed E-state index contributed by atoms with van der Waals surface area (Å²) in [5, 5.41) is 0.738. The summed E-state index contributed by atoms with van der Waals surface area (Å²) in [4.78, 5) is 11.2. The molecular formula is C12H17BrN2O4S. The Balaban J connectivity index is 2.52. The van der Waals surface area contributed by atoms with Crippen LogP contribution in [0.1, 0.15) is 25.0 Å². The van der Waals surface area contributed by atoms with Crippen molar-refractivity contribution in [3.05, 3.63) is 35.4 Å². The van der Waals surface area contributed by atoms with Gasteiger partial charge in [0, 0.05) is 11.9 Å². The molecule has 0 saturated carbocycles. The highest BCUT2D eigenvalue weighted by Crippen LogP contribution is 2.07. The van der Waals surface area contributed by atoms with E-state index in [1.807, 2.05) is 24.3 Å². The molecule has 20 heavy (non-hydrogen) atoms. The molecule has 0 unspecified atom stereocenters. The van der Waals surface area contributed by atoms with Crippen LogP contribution in [0.4, 0.5) is 4.79 Å². The summed E-state index contributed by atoms with van der Waals surface area (Å²) in [6.45, 7) is 3.35. The van der Waals surface area contributed by atoms with Crippen LogP contribution in [0.5, 0.6) is 0 Å². The minimum atomic E-state index is -3.92. The first kappa shape index (κ1) is 16.9. The fraction of sp³-hybridized carbons (Fsp3) is 0.417. The Kier molecular flexibility index (Phi) is 6.44. The number of carbonyl (C=O) groups excluding carboxylic acids is 1. The van der Waals surface area contributed by atoms with Crippen LogP contribution in [-0.2, 0) is 26.8 Å². The van der Waals surface area contributed by atoms with Crippen molar-refractivity contribution < 1.29 is 17.9 Å². The second-order valence-electron chi connectivity index (χ2n) is 4.33. The monoisotopic (exact) mass is 364 g/mol. The Hall–Kier alpha value is -1.12. The average Bonchev–Trinajstić information content (AvgIpc) is 2.35. The number of nitrogens with one attached hydrogen (secondary N) is 2. The van der Waals surface area contributed by atoms with Gasteiger partial charge in [0.2, 0.25) is 0 Å². The zero-order chi connectivity index (χ0) is 15.2. The maximum atomic E-state index is 11.6. The van der Waals surface area contributed by atoms with Gasteiger partial charge in [-0.25, -0.2) is 9.52 Å². The molecule has 0 aliphatic heterocycles. The van der Waals surface area contributed by atoms with Crippen molar-refractivity contribution in [2.24, 2.45) is 0 Å². The van der Waals surface area contributed by atoms with Crippen molar-refractivity contribution in [1.29, 1.82) is 0 Å². The largest absolute Gasteiger partial charge is 0.446 e. The summed E-state index contributed by atoms with van der Waals surface area (Å²) in [5.74, 6) is 0. The molecule has 0 heterocycles. The van der Waals surface area contributed by atoms with Crippen LogP contribution in [0.15, 0.2) is 24.3 Å². The number of ether oxygens (including phenoxy) is 1. The maximum Gasteiger partial charge on any atom is 0.422 e. The molecule has 0 aliphatic rings. The number of benzene rings is 1. The van der Waals surface area contributed by atoms with Gasteiger partial charge in [0.15, 0.2) is 0 Å². The Morgan fingerprint density at radius 2 is 1.80 bits per heavy atom. The van der Waals surface area contributed by atoms with Crippen molar-refractivity contribution >= 4 is 32.2 Å². The van der Waals surface area contributed by atoms with E-state index >= 15 is 0 Å². The van der Waals surface area contributed by atoms with E-state index in [-0.39, 0.29) is 12.6 Å². The molecule has 0 aliphatic carbocycles. The third-order valence-corrected chi connectivity index (χ3v) is 3.81. The lowest BCUT2D eigenvalue weighted by atomic mass is 10.2. The van der Waals surface area contributed by atoms with E-state index in [1.54, 1.807) is 18.6 Å². The Labute approximate surface area is 127 Å². The van der Waals surface area contributed by atoms with Gasteiger partial charge >= 0.3 is 16.3 Å². The van der Waals surface area contributed by atoms with Crippen LogP contribution in [0.3, 0.4) is 0 Å². The molecule has 8 heteroatoms. The van der Waals surface area contributed by atoms with E-state index in [0.29, 0.717) is 0 Å². The van der Waals surface area contributed by atoms with Crippen molar-refractivity contribution in [2.45, 2.75) is 31.8 Å². The van der Waals surface area contributed by atoms with Crippen LogP contribution in [0.25, 0.3) is 0 Å². The summed E-state index contributed by atoms with van der Waals surface area (Å²) in [5.41, 5.74) is 1.88. The molecule has 0 bridgehead atoms. The van der Waals surface area contributed by atoms with Crippen LogP contribution in [0, 0.1) is 0 Å². The van der Waals surface area contributed by atoms with Crippen LogP contribution in [-0.4, -0.2) is 20.6 Å². The lowest BCUT2D eigenvalue weighted by molar-refractivity contribution is 0.121.